The maximum absolute atomic E-state index is 12.7. The van der Waals surface area contributed by atoms with Crippen molar-refractivity contribution in [3.05, 3.63) is 77.9 Å². The summed E-state index contributed by atoms with van der Waals surface area (Å²) in [4.78, 5) is 26.8. The molecule has 8 heteroatoms. The number of benzene rings is 3. The van der Waals surface area contributed by atoms with Gasteiger partial charge in [-0.1, -0.05) is 24.3 Å². The lowest BCUT2D eigenvalue weighted by atomic mass is 10.0. The number of fused-ring (bicyclic) bond motifs is 1. The molecule has 35 heavy (non-hydrogen) atoms. The number of nitrogens with zero attached hydrogens (tertiary/aromatic N) is 1. The Morgan fingerprint density at radius 1 is 1.06 bits per heavy atom. The quantitative estimate of drug-likeness (QED) is 0.570. The number of nitrogens with one attached hydrogen (secondary N) is 1. The van der Waals surface area contributed by atoms with Crippen LogP contribution in [-0.2, 0) is 21.1 Å². The monoisotopic (exact) mass is 490 g/mol. The Bertz CT molecular complexity index is 1400. The second-order valence-corrected chi connectivity index (χ2v) is 11.0. The van der Waals surface area contributed by atoms with Crippen LogP contribution in [0.4, 0.5) is 5.69 Å². The molecule has 1 N–H and O–H groups in total. The van der Waals surface area contributed by atoms with Crippen molar-refractivity contribution in [2.24, 2.45) is 0 Å². The molecule has 2 aliphatic heterocycles. The zero-order valence-corrected chi connectivity index (χ0v) is 20.2. The summed E-state index contributed by atoms with van der Waals surface area (Å²) in [5.41, 5.74) is 4.21. The Kier molecular flexibility index (Phi) is 6.06. The minimum atomic E-state index is -3.23. The van der Waals surface area contributed by atoms with Crippen LogP contribution in [-0.4, -0.2) is 45.7 Å². The van der Waals surface area contributed by atoms with Crippen molar-refractivity contribution < 1.29 is 22.7 Å². The lowest BCUT2D eigenvalue weighted by Gasteiger charge is -2.17. The van der Waals surface area contributed by atoms with Crippen molar-refractivity contribution in [1.29, 1.82) is 0 Å². The number of anilines is 1. The number of carbonyl (C=O) groups is 2. The SMILES string of the molecule is CS(=O)(=O)c1ccc(-c2ccc3c(c2)CC(CNC(=O)c2cccc(N4CCCC4=O)c2)O3)cc1. The second-order valence-electron chi connectivity index (χ2n) is 8.97. The van der Waals surface area contributed by atoms with Crippen LogP contribution in [0.3, 0.4) is 0 Å². The number of carbonyl (C=O) groups excluding carboxylic acids is 2. The predicted octanol–water partition coefficient (Wildman–Crippen LogP) is 3.62. The standard InChI is InChI=1S/C27H26N2O5S/c1-35(32,33)24-10-7-18(8-11-24)19-9-12-25-21(14-19)16-23(34-25)17-28-27(31)20-4-2-5-22(15-20)29-13-3-6-26(29)30/h2,4-5,7-12,14-15,23H,3,6,13,16-17H2,1H3,(H,28,31). The molecular formula is C27H26N2O5S. The van der Waals surface area contributed by atoms with Gasteiger partial charge in [-0.3, -0.25) is 9.59 Å². The van der Waals surface area contributed by atoms with Crippen LogP contribution in [0, 0.1) is 0 Å². The van der Waals surface area contributed by atoms with Gasteiger partial charge in [-0.05, 0) is 65.6 Å². The van der Waals surface area contributed by atoms with Crippen molar-refractivity contribution in [1.82, 2.24) is 5.32 Å². The molecule has 5 rings (SSSR count). The van der Waals surface area contributed by atoms with Gasteiger partial charge in [-0.2, -0.15) is 0 Å². The van der Waals surface area contributed by atoms with Gasteiger partial charge >= 0.3 is 0 Å². The summed E-state index contributed by atoms with van der Waals surface area (Å²) in [7, 11) is -3.23. The van der Waals surface area contributed by atoms with E-state index in [1.165, 1.54) is 6.26 Å². The molecule has 7 nitrogen and oxygen atoms in total. The molecule has 180 valence electrons. The van der Waals surface area contributed by atoms with E-state index in [4.69, 9.17) is 4.74 Å². The first-order chi connectivity index (χ1) is 16.8. The summed E-state index contributed by atoms with van der Waals surface area (Å²) in [6.07, 6.45) is 3.05. The third-order valence-corrected chi connectivity index (χ3v) is 7.53. The Labute approximate surface area is 204 Å². The molecule has 1 atom stereocenters. The average Bonchev–Trinajstić information content (AvgIpc) is 3.47. The zero-order valence-electron chi connectivity index (χ0n) is 19.4. The van der Waals surface area contributed by atoms with Crippen LogP contribution in [0.2, 0.25) is 0 Å². The van der Waals surface area contributed by atoms with Crippen molar-refractivity contribution in [3.8, 4) is 16.9 Å². The van der Waals surface area contributed by atoms with Gasteiger partial charge in [0.15, 0.2) is 9.84 Å². The molecule has 0 spiro atoms. The molecule has 0 saturated carbocycles. The van der Waals surface area contributed by atoms with E-state index in [9.17, 15) is 18.0 Å². The Morgan fingerprint density at radius 3 is 2.54 bits per heavy atom. The zero-order chi connectivity index (χ0) is 24.6. The molecule has 0 aromatic heterocycles. The first-order valence-electron chi connectivity index (χ1n) is 11.6. The van der Waals surface area contributed by atoms with Crippen LogP contribution in [0.25, 0.3) is 11.1 Å². The number of sulfone groups is 1. The topological polar surface area (TPSA) is 92.8 Å². The van der Waals surface area contributed by atoms with Gasteiger partial charge < -0.3 is 15.0 Å². The number of ether oxygens (including phenoxy) is 1. The van der Waals surface area contributed by atoms with Crippen LogP contribution >= 0.6 is 0 Å². The largest absolute Gasteiger partial charge is 0.488 e. The maximum atomic E-state index is 12.7. The van der Waals surface area contributed by atoms with E-state index in [0.717, 1.165) is 34.5 Å². The first-order valence-corrected chi connectivity index (χ1v) is 13.5. The Hall–Kier alpha value is -3.65. The number of rotatable bonds is 6. The van der Waals surface area contributed by atoms with E-state index in [1.807, 2.05) is 24.3 Å². The molecule has 0 aliphatic carbocycles. The third kappa shape index (κ3) is 4.93. The molecule has 2 heterocycles. The van der Waals surface area contributed by atoms with Gasteiger partial charge in [-0.15, -0.1) is 0 Å². The molecular weight excluding hydrogens is 464 g/mol. The van der Waals surface area contributed by atoms with Gasteiger partial charge in [-0.25, -0.2) is 8.42 Å². The molecule has 0 radical (unpaired) electrons. The summed E-state index contributed by atoms with van der Waals surface area (Å²) in [5.74, 6) is 0.672. The smallest absolute Gasteiger partial charge is 0.251 e. The summed E-state index contributed by atoms with van der Waals surface area (Å²) >= 11 is 0. The summed E-state index contributed by atoms with van der Waals surface area (Å²) < 4.78 is 29.4. The fraction of sp³-hybridized carbons (Fsp3) is 0.259. The van der Waals surface area contributed by atoms with Gasteiger partial charge in [0.05, 0.1) is 11.4 Å². The van der Waals surface area contributed by atoms with Crippen molar-refractivity contribution in [2.75, 3.05) is 24.2 Å². The molecule has 3 aromatic carbocycles. The predicted molar refractivity (Wildman–Crippen MR) is 133 cm³/mol. The Balaban J connectivity index is 1.21. The van der Waals surface area contributed by atoms with Crippen molar-refractivity contribution in [3.63, 3.8) is 0 Å². The molecule has 3 aromatic rings. The highest BCUT2D eigenvalue weighted by atomic mass is 32.2. The highest BCUT2D eigenvalue weighted by Gasteiger charge is 2.25. The molecule has 0 bridgehead atoms. The van der Waals surface area contributed by atoms with Crippen LogP contribution in [0.15, 0.2) is 71.6 Å². The van der Waals surface area contributed by atoms with Crippen LogP contribution in [0.5, 0.6) is 5.75 Å². The minimum absolute atomic E-state index is 0.0883. The normalized spacial score (nSPS) is 17.2. The number of hydrogen-bond acceptors (Lipinski definition) is 5. The van der Waals surface area contributed by atoms with E-state index in [2.05, 4.69) is 5.32 Å². The average molecular weight is 491 g/mol. The van der Waals surface area contributed by atoms with Crippen LogP contribution < -0.4 is 15.0 Å². The highest BCUT2D eigenvalue weighted by molar-refractivity contribution is 7.90. The fourth-order valence-corrected chi connectivity index (χ4v) is 5.18. The van der Waals surface area contributed by atoms with E-state index in [0.29, 0.717) is 36.4 Å². The second kappa shape index (κ2) is 9.19. The van der Waals surface area contributed by atoms with E-state index < -0.39 is 9.84 Å². The summed E-state index contributed by atoms with van der Waals surface area (Å²) in [6.45, 7) is 1.04. The van der Waals surface area contributed by atoms with E-state index in [-0.39, 0.29) is 17.9 Å². The van der Waals surface area contributed by atoms with Gasteiger partial charge in [0.2, 0.25) is 5.91 Å². The van der Waals surface area contributed by atoms with Gasteiger partial charge in [0.25, 0.3) is 5.91 Å². The first kappa shape index (κ1) is 23.1. The lowest BCUT2D eigenvalue weighted by molar-refractivity contribution is -0.117. The number of hydrogen-bond donors (Lipinski definition) is 1. The molecule has 1 saturated heterocycles. The fourth-order valence-electron chi connectivity index (χ4n) is 4.55. The molecule has 2 amide bonds. The van der Waals surface area contributed by atoms with E-state index in [1.54, 1.807) is 47.4 Å². The minimum Gasteiger partial charge on any atom is -0.488 e. The van der Waals surface area contributed by atoms with Crippen molar-refractivity contribution in [2.45, 2.75) is 30.3 Å². The van der Waals surface area contributed by atoms with Gasteiger partial charge in [0, 0.05) is 36.9 Å². The highest BCUT2D eigenvalue weighted by Crippen LogP contribution is 2.33. The van der Waals surface area contributed by atoms with Gasteiger partial charge in [0.1, 0.15) is 11.9 Å². The third-order valence-electron chi connectivity index (χ3n) is 6.40. The maximum Gasteiger partial charge on any atom is 0.251 e. The summed E-state index contributed by atoms with van der Waals surface area (Å²) in [6, 6.07) is 19.9. The molecule has 2 aliphatic rings. The van der Waals surface area contributed by atoms with Crippen molar-refractivity contribution >= 4 is 27.3 Å². The lowest BCUT2D eigenvalue weighted by Crippen LogP contribution is -2.34. The van der Waals surface area contributed by atoms with Crippen LogP contribution in [0.1, 0.15) is 28.8 Å². The molecule has 1 fully saturated rings. The number of amides is 2. The summed E-state index contributed by atoms with van der Waals surface area (Å²) in [5, 5.41) is 2.95. The Morgan fingerprint density at radius 2 is 1.83 bits per heavy atom. The molecule has 1 unspecified atom stereocenters. The van der Waals surface area contributed by atoms with E-state index >= 15 is 0 Å².